The lowest BCUT2D eigenvalue weighted by Crippen LogP contribution is -2.50. The fourth-order valence-corrected chi connectivity index (χ4v) is 3.74. The van der Waals surface area contributed by atoms with Crippen molar-refractivity contribution in [3.8, 4) is 11.5 Å². The topological polar surface area (TPSA) is 118 Å². The Kier molecular flexibility index (Phi) is 7.11. The summed E-state index contributed by atoms with van der Waals surface area (Å²) in [6.07, 6.45) is 2.40. The van der Waals surface area contributed by atoms with Gasteiger partial charge in [-0.15, -0.1) is 0 Å². The Hall–Kier alpha value is -3.56. The third-order valence-electron chi connectivity index (χ3n) is 5.46. The summed E-state index contributed by atoms with van der Waals surface area (Å²) < 4.78 is 16.4. The minimum Gasteiger partial charge on any atom is -0.454 e. The van der Waals surface area contributed by atoms with Crippen molar-refractivity contribution in [2.45, 2.75) is 37.6 Å². The molecule has 174 valence electrons. The third-order valence-corrected chi connectivity index (χ3v) is 5.46. The number of anilines is 1. The van der Waals surface area contributed by atoms with Gasteiger partial charge in [0.1, 0.15) is 6.10 Å². The summed E-state index contributed by atoms with van der Waals surface area (Å²) >= 11 is 0. The number of rotatable bonds is 7. The Labute approximate surface area is 191 Å². The van der Waals surface area contributed by atoms with Crippen molar-refractivity contribution < 1.29 is 28.9 Å². The zero-order valence-corrected chi connectivity index (χ0v) is 18.2. The van der Waals surface area contributed by atoms with Crippen LogP contribution in [0.25, 0.3) is 0 Å². The zero-order valence-electron chi connectivity index (χ0n) is 18.2. The number of hydrogen-bond acceptors (Lipinski definition) is 6. The molecule has 2 aromatic rings. The Bertz CT molecular complexity index is 1010. The molecule has 0 aromatic heterocycles. The second-order valence-electron chi connectivity index (χ2n) is 7.88. The summed E-state index contributed by atoms with van der Waals surface area (Å²) in [5, 5.41) is 18.2. The van der Waals surface area contributed by atoms with Crippen LogP contribution in [0, 0.1) is 0 Å². The number of carbonyl (C=O) groups excluding carboxylic acids is 2. The normalized spacial score (nSPS) is 21.8. The molecule has 2 heterocycles. The fraction of sp³-hybridized carbons (Fsp3) is 0.333. The van der Waals surface area contributed by atoms with Crippen LogP contribution in [-0.4, -0.2) is 48.7 Å². The van der Waals surface area contributed by atoms with Crippen LogP contribution in [0.5, 0.6) is 11.5 Å². The van der Waals surface area contributed by atoms with Gasteiger partial charge in [-0.1, -0.05) is 42.5 Å². The number of aliphatic hydroxyl groups excluding tert-OH is 1. The second-order valence-corrected chi connectivity index (χ2v) is 7.88. The first-order valence-electron chi connectivity index (χ1n) is 10.8. The van der Waals surface area contributed by atoms with Crippen LogP contribution in [0.15, 0.2) is 60.7 Å². The Balaban J connectivity index is 1.29. The summed E-state index contributed by atoms with van der Waals surface area (Å²) in [4.78, 5) is 24.9. The molecule has 2 aliphatic rings. The van der Waals surface area contributed by atoms with Crippen LogP contribution in [0.2, 0.25) is 0 Å². The van der Waals surface area contributed by atoms with Gasteiger partial charge in [-0.05, 0) is 24.6 Å². The van der Waals surface area contributed by atoms with Crippen molar-refractivity contribution in [1.29, 1.82) is 0 Å². The molecule has 4 rings (SSSR count). The molecule has 0 unspecified atom stereocenters. The summed E-state index contributed by atoms with van der Waals surface area (Å²) in [6, 6.07) is 13.6. The highest BCUT2D eigenvalue weighted by atomic mass is 16.7. The van der Waals surface area contributed by atoms with E-state index in [2.05, 4.69) is 16.0 Å². The lowest BCUT2D eigenvalue weighted by atomic mass is 10.0. The Morgan fingerprint density at radius 1 is 1.09 bits per heavy atom. The molecule has 33 heavy (non-hydrogen) atoms. The number of nitrogens with one attached hydrogen (secondary N) is 3. The number of amides is 3. The highest BCUT2D eigenvalue weighted by Gasteiger charge is 2.29. The van der Waals surface area contributed by atoms with Crippen molar-refractivity contribution in [3.63, 3.8) is 0 Å². The van der Waals surface area contributed by atoms with Crippen LogP contribution in [-0.2, 0) is 9.53 Å². The van der Waals surface area contributed by atoms with Crippen molar-refractivity contribution >= 4 is 17.6 Å². The minimum absolute atomic E-state index is 0.111. The quantitative estimate of drug-likeness (QED) is 0.479. The SMILES string of the molecule is C[C@@H](NC(=O)C[C@@H]1C=C[C@@H](NC(=O)Nc2ccc3c(c2)OCO3)[C@H](CO)O1)c1ccccc1. The van der Waals surface area contributed by atoms with Crippen molar-refractivity contribution in [1.82, 2.24) is 10.6 Å². The third kappa shape index (κ3) is 5.82. The smallest absolute Gasteiger partial charge is 0.319 e. The predicted molar refractivity (Wildman–Crippen MR) is 121 cm³/mol. The van der Waals surface area contributed by atoms with E-state index in [0.717, 1.165) is 5.56 Å². The van der Waals surface area contributed by atoms with E-state index in [-0.39, 0.29) is 31.8 Å². The first kappa shape index (κ1) is 22.6. The predicted octanol–water partition coefficient (Wildman–Crippen LogP) is 2.49. The zero-order chi connectivity index (χ0) is 23.2. The molecule has 0 spiro atoms. The van der Waals surface area contributed by atoms with Crippen LogP contribution >= 0.6 is 0 Å². The van der Waals surface area contributed by atoms with Crippen LogP contribution in [0.1, 0.15) is 24.9 Å². The summed E-state index contributed by atoms with van der Waals surface area (Å²) in [6.45, 7) is 1.76. The van der Waals surface area contributed by atoms with Crippen LogP contribution in [0.4, 0.5) is 10.5 Å². The van der Waals surface area contributed by atoms with E-state index < -0.39 is 24.3 Å². The van der Waals surface area contributed by atoms with Gasteiger partial charge in [0.15, 0.2) is 11.5 Å². The molecule has 0 aliphatic carbocycles. The molecule has 0 bridgehead atoms. The van der Waals surface area contributed by atoms with Gasteiger partial charge >= 0.3 is 6.03 Å². The minimum atomic E-state index is -0.679. The average Bonchev–Trinajstić information content (AvgIpc) is 3.28. The second kappa shape index (κ2) is 10.4. The van der Waals surface area contributed by atoms with Gasteiger partial charge < -0.3 is 35.3 Å². The number of carbonyl (C=O) groups is 2. The van der Waals surface area contributed by atoms with Crippen molar-refractivity contribution in [3.05, 3.63) is 66.2 Å². The maximum atomic E-state index is 12.4. The van der Waals surface area contributed by atoms with E-state index in [1.54, 1.807) is 30.4 Å². The summed E-state index contributed by atoms with van der Waals surface area (Å²) in [5.74, 6) is 1.02. The number of urea groups is 1. The summed E-state index contributed by atoms with van der Waals surface area (Å²) in [7, 11) is 0. The lowest BCUT2D eigenvalue weighted by Gasteiger charge is -2.31. The standard InChI is InChI=1S/C24H27N3O6/c1-15(16-5-3-2-4-6-16)25-23(29)12-18-8-9-19(22(13-28)33-18)27-24(30)26-17-7-10-20-21(11-17)32-14-31-20/h2-11,15,18-19,22,28H,12-14H2,1H3,(H,25,29)(H2,26,27,30)/t15-,18+,19-,22+/m1/s1. The van der Waals surface area contributed by atoms with E-state index >= 15 is 0 Å². The molecule has 0 saturated heterocycles. The van der Waals surface area contributed by atoms with Gasteiger partial charge in [-0.2, -0.15) is 0 Å². The molecular formula is C24H27N3O6. The number of ether oxygens (including phenoxy) is 3. The monoisotopic (exact) mass is 453 g/mol. The average molecular weight is 453 g/mol. The van der Waals surface area contributed by atoms with E-state index in [4.69, 9.17) is 14.2 Å². The number of aliphatic hydroxyl groups is 1. The molecule has 4 N–H and O–H groups in total. The largest absolute Gasteiger partial charge is 0.454 e. The van der Waals surface area contributed by atoms with Gasteiger partial charge in [0.25, 0.3) is 0 Å². The van der Waals surface area contributed by atoms with Crippen LogP contribution in [0.3, 0.4) is 0 Å². The highest BCUT2D eigenvalue weighted by Crippen LogP contribution is 2.34. The highest BCUT2D eigenvalue weighted by molar-refractivity contribution is 5.90. The van der Waals surface area contributed by atoms with Crippen molar-refractivity contribution in [2.24, 2.45) is 0 Å². The van der Waals surface area contributed by atoms with E-state index in [9.17, 15) is 14.7 Å². The molecule has 2 aromatic carbocycles. The molecule has 9 nitrogen and oxygen atoms in total. The molecule has 3 amide bonds. The number of benzene rings is 2. The molecule has 4 atom stereocenters. The van der Waals surface area contributed by atoms with E-state index in [0.29, 0.717) is 17.2 Å². The molecule has 9 heteroatoms. The fourth-order valence-electron chi connectivity index (χ4n) is 3.74. The Morgan fingerprint density at radius 2 is 1.88 bits per heavy atom. The maximum Gasteiger partial charge on any atom is 0.319 e. The van der Waals surface area contributed by atoms with Gasteiger partial charge in [-0.3, -0.25) is 4.79 Å². The maximum absolute atomic E-state index is 12.4. The molecule has 2 aliphatic heterocycles. The van der Waals surface area contributed by atoms with E-state index in [1.807, 2.05) is 37.3 Å². The van der Waals surface area contributed by atoms with Gasteiger partial charge in [0.2, 0.25) is 12.7 Å². The Morgan fingerprint density at radius 3 is 2.67 bits per heavy atom. The first-order valence-corrected chi connectivity index (χ1v) is 10.8. The molecular weight excluding hydrogens is 426 g/mol. The molecule has 0 radical (unpaired) electrons. The first-order chi connectivity index (χ1) is 16.0. The van der Waals surface area contributed by atoms with E-state index in [1.165, 1.54) is 0 Å². The van der Waals surface area contributed by atoms with Crippen LogP contribution < -0.4 is 25.4 Å². The van der Waals surface area contributed by atoms with Gasteiger partial charge in [0, 0.05) is 11.8 Å². The van der Waals surface area contributed by atoms with Crippen molar-refractivity contribution in [2.75, 3.05) is 18.7 Å². The van der Waals surface area contributed by atoms with Gasteiger partial charge in [0.05, 0.1) is 31.2 Å². The summed E-state index contributed by atoms with van der Waals surface area (Å²) in [5.41, 5.74) is 1.55. The lowest BCUT2D eigenvalue weighted by molar-refractivity contribution is -0.125. The number of fused-ring (bicyclic) bond motifs is 1. The molecule has 0 saturated carbocycles. The van der Waals surface area contributed by atoms with Gasteiger partial charge in [-0.25, -0.2) is 4.79 Å². The number of hydrogen-bond donors (Lipinski definition) is 4. The molecule has 0 fully saturated rings.